The summed E-state index contributed by atoms with van der Waals surface area (Å²) >= 11 is 0. The van der Waals surface area contributed by atoms with Crippen LogP contribution < -0.4 is 10.1 Å². The molecule has 18 heavy (non-hydrogen) atoms. The first kappa shape index (κ1) is 15.0. The maximum atomic E-state index is 6.01. The lowest BCUT2D eigenvalue weighted by atomic mass is 10.3. The van der Waals surface area contributed by atoms with E-state index in [4.69, 9.17) is 9.47 Å². The second-order valence-corrected chi connectivity index (χ2v) is 4.52. The summed E-state index contributed by atoms with van der Waals surface area (Å²) in [5, 5.41) is 7.70. The minimum Gasteiger partial charge on any atom is -0.483 e. The summed E-state index contributed by atoms with van der Waals surface area (Å²) in [6, 6.07) is 0. The lowest BCUT2D eigenvalue weighted by molar-refractivity contribution is 0.0797. The first-order chi connectivity index (χ1) is 8.60. The predicted octanol–water partition coefficient (Wildman–Crippen LogP) is 1.43. The van der Waals surface area contributed by atoms with Crippen molar-refractivity contribution in [3.05, 3.63) is 11.4 Å². The Morgan fingerprint density at radius 3 is 2.61 bits per heavy atom. The molecule has 0 spiro atoms. The highest BCUT2D eigenvalue weighted by Gasteiger charge is 2.16. The number of nitrogens with zero attached hydrogens (tertiary/aromatic N) is 2. The van der Waals surface area contributed by atoms with Crippen molar-refractivity contribution < 1.29 is 9.47 Å². The molecule has 0 saturated heterocycles. The number of hydrogen-bond donors (Lipinski definition) is 1. The minimum atomic E-state index is 0.0168. The van der Waals surface area contributed by atoms with Gasteiger partial charge in [0.05, 0.1) is 12.3 Å². The summed E-state index contributed by atoms with van der Waals surface area (Å²) in [4.78, 5) is 0. The van der Waals surface area contributed by atoms with Gasteiger partial charge in [-0.2, -0.15) is 5.10 Å². The second-order valence-electron chi connectivity index (χ2n) is 4.52. The summed E-state index contributed by atoms with van der Waals surface area (Å²) in [6.07, 6.45) is 1.13. The van der Waals surface area contributed by atoms with Gasteiger partial charge in [-0.05, 0) is 26.8 Å². The zero-order valence-corrected chi connectivity index (χ0v) is 12.1. The van der Waals surface area contributed by atoms with Gasteiger partial charge in [-0.25, -0.2) is 0 Å². The highest BCUT2D eigenvalue weighted by Crippen LogP contribution is 2.22. The van der Waals surface area contributed by atoms with Crippen LogP contribution in [-0.2, 0) is 11.8 Å². The van der Waals surface area contributed by atoms with E-state index in [1.165, 1.54) is 0 Å². The third-order valence-corrected chi connectivity index (χ3v) is 2.88. The molecule has 0 aromatic carbocycles. The molecule has 0 radical (unpaired) electrons. The highest BCUT2D eigenvalue weighted by atomic mass is 16.5. The molecule has 0 aliphatic rings. The second kappa shape index (κ2) is 7.38. The maximum absolute atomic E-state index is 6.01. The van der Waals surface area contributed by atoms with Crippen LogP contribution in [0.2, 0.25) is 0 Å². The van der Waals surface area contributed by atoms with E-state index in [1.807, 2.05) is 25.6 Å². The van der Waals surface area contributed by atoms with E-state index in [2.05, 4.69) is 17.3 Å². The van der Waals surface area contributed by atoms with Crippen molar-refractivity contribution in [2.24, 2.45) is 7.05 Å². The Balaban J connectivity index is 2.64. The summed E-state index contributed by atoms with van der Waals surface area (Å²) in [5.41, 5.74) is 1.97. The molecule has 5 nitrogen and oxygen atoms in total. The number of aromatic nitrogens is 2. The average Bonchev–Trinajstić information content (AvgIpc) is 2.56. The fourth-order valence-electron chi connectivity index (χ4n) is 1.85. The fraction of sp³-hybridized carbons (Fsp3) is 0.769. The topological polar surface area (TPSA) is 48.3 Å². The number of rotatable bonds is 8. The zero-order chi connectivity index (χ0) is 13.5. The molecule has 1 heterocycles. The van der Waals surface area contributed by atoms with Gasteiger partial charge >= 0.3 is 0 Å². The lowest BCUT2D eigenvalue weighted by Crippen LogP contribution is -2.35. The van der Waals surface area contributed by atoms with Crippen molar-refractivity contribution in [2.75, 3.05) is 26.8 Å². The third kappa shape index (κ3) is 3.99. The smallest absolute Gasteiger partial charge is 0.163 e. The monoisotopic (exact) mass is 255 g/mol. The molecule has 1 atom stereocenters. The molecule has 1 unspecified atom stereocenters. The van der Waals surface area contributed by atoms with Gasteiger partial charge in [-0.3, -0.25) is 4.68 Å². The first-order valence-corrected chi connectivity index (χ1v) is 6.46. The third-order valence-electron chi connectivity index (χ3n) is 2.88. The number of methoxy groups -OCH3 is 1. The summed E-state index contributed by atoms with van der Waals surface area (Å²) in [5.74, 6) is 0.873. The summed E-state index contributed by atoms with van der Waals surface area (Å²) < 4.78 is 13.1. The SMILES string of the molecule is CCCNCC(COC)Oc1c(C)nn(C)c1C. The Bertz CT molecular complexity index is 363. The van der Waals surface area contributed by atoms with Gasteiger partial charge in [-0.15, -0.1) is 0 Å². The molecule has 1 N–H and O–H groups in total. The van der Waals surface area contributed by atoms with Gasteiger partial charge in [0.2, 0.25) is 0 Å². The number of nitrogens with one attached hydrogen (secondary N) is 1. The van der Waals surface area contributed by atoms with Crippen LogP contribution in [0.5, 0.6) is 5.75 Å². The van der Waals surface area contributed by atoms with Crippen LogP contribution in [0.1, 0.15) is 24.7 Å². The first-order valence-electron chi connectivity index (χ1n) is 6.46. The van der Waals surface area contributed by atoms with E-state index in [9.17, 15) is 0 Å². The Kier molecular flexibility index (Phi) is 6.15. The Morgan fingerprint density at radius 1 is 1.39 bits per heavy atom. The van der Waals surface area contributed by atoms with Gasteiger partial charge in [0.15, 0.2) is 5.75 Å². The molecule has 1 rings (SSSR count). The van der Waals surface area contributed by atoms with Crippen molar-refractivity contribution in [2.45, 2.75) is 33.3 Å². The van der Waals surface area contributed by atoms with Crippen LogP contribution in [0.3, 0.4) is 0 Å². The molecule has 0 aliphatic heterocycles. The van der Waals surface area contributed by atoms with Gasteiger partial charge in [0.25, 0.3) is 0 Å². The summed E-state index contributed by atoms with van der Waals surface area (Å²) in [6.45, 7) is 8.48. The van der Waals surface area contributed by atoms with E-state index in [1.54, 1.807) is 7.11 Å². The largest absolute Gasteiger partial charge is 0.483 e. The van der Waals surface area contributed by atoms with E-state index in [0.717, 1.165) is 36.6 Å². The Labute approximate surface area is 109 Å². The van der Waals surface area contributed by atoms with E-state index in [0.29, 0.717) is 6.61 Å². The maximum Gasteiger partial charge on any atom is 0.163 e. The predicted molar refractivity (Wildman–Crippen MR) is 72.1 cm³/mol. The normalized spacial score (nSPS) is 12.7. The lowest BCUT2D eigenvalue weighted by Gasteiger charge is -2.19. The molecular formula is C13H25N3O2. The number of hydrogen-bond acceptors (Lipinski definition) is 4. The van der Waals surface area contributed by atoms with Crippen LogP contribution in [0.15, 0.2) is 0 Å². The van der Waals surface area contributed by atoms with E-state index in [-0.39, 0.29) is 6.10 Å². The van der Waals surface area contributed by atoms with Crippen molar-refractivity contribution in [3.8, 4) is 5.75 Å². The van der Waals surface area contributed by atoms with Crippen molar-refractivity contribution in [1.82, 2.24) is 15.1 Å². The van der Waals surface area contributed by atoms with Crippen LogP contribution in [0.25, 0.3) is 0 Å². The van der Waals surface area contributed by atoms with Gasteiger partial charge < -0.3 is 14.8 Å². The highest BCUT2D eigenvalue weighted by molar-refractivity contribution is 5.32. The van der Waals surface area contributed by atoms with Crippen LogP contribution in [-0.4, -0.2) is 42.7 Å². The molecule has 0 bridgehead atoms. The molecule has 0 aliphatic carbocycles. The molecule has 0 amide bonds. The van der Waals surface area contributed by atoms with E-state index >= 15 is 0 Å². The average molecular weight is 255 g/mol. The van der Waals surface area contributed by atoms with Gasteiger partial charge in [0, 0.05) is 20.7 Å². The molecule has 1 aromatic rings. The van der Waals surface area contributed by atoms with E-state index < -0.39 is 0 Å². The summed E-state index contributed by atoms with van der Waals surface area (Å²) in [7, 11) is 3.62. The van der Waals surface area contributed by atoms with Gasteiger partial charge in [-0.1, -0.05) is 6.92 Å². The number of aryl methyl sites for hydroxylation is 2. The molecule has 0 fully saturated rings. The Hall–Kier alpha value is -1.07. The van der Waals surface area contributed by atoms with Gasteiger partial charge in [0.1, 0.15) is 11.8 Å². The molecule has 104 valence electrons. The van der Waals surface area contributed by atoms with Crippen LogP contribution in [0.4, 0.5) is 0 Å². The molecular weight excluding hydrogens is 230 g/mol. The minimum absolute atomic E-state index is 0.0168. The van der Waals surface area contributed by atoms with Crippen molar-refractivity contribution in [1.29, 1.82) is 0 Å². The number of ether oxygens (including phenoxy) is 2. The zero-order valence-electron chi connectivity index (χ0n) is 12.1. The Morgan fingerprint density at radius 2 is 2.11 bits per heavy atom. The fourth-order valence-corrected chi connectivity index (χ4v) is 1.85. The molecule has 1 aromatic heterocycles. The molecule has 0 saturated carbocycles. The quantitative estimate of drug-likeness (QED) is 0.714. The molecule has 5 heteroatoms. The van der Waals surface area contributed by atoms with Crippen LogP contribution in [0, 0.1) is 13.8 Å². The van der Waals surface area contributed by atoms with Crippen molar-refractivity contribution >= 4 is 0 Å². The van der Waals surface area contributed by atoms with Crippen LogP contribution >= 0.6 is 0 Å². The van der Waals surface area contributed by atoms with Crippen molar-refractivity contribution in [3.63, 3.8) is 0 Å². The standard InChI is InChI=1S/C13H25N3O2/c1-6-7-14-8-12(9-17-5)18-13-10(2)15-16(4)11(13)3/h12,14H,6-9H2,1-5H3.